The summed E-state index contributed by atoms with van der Waals surface area (Å²) in [4.78, 5) is 0.120. The average Bonchev–Trinajstić information content (AvgIpc) is 2.35. The molecule has 114 valence electrons. The maximum Gasteiger partial charge on any atom is 0.242 e. The van der Waals surface area contributed by atoms with Crippen molar-refractivity contribution < 1.29 is 8.42 Å². The predicted molar refractivity (Wildman–Crippen MR) is 87.2 cm³/mol. The Balaban J connectivity index is 0.00000200. The second-order valence-electron chi connectivity index (χ2n) is 4.77. The highest BCUT2D eigenvalue weighted by molar-refractivity contribution is 9.10. The molecule has 0 aromatic heterocycles. The van der Waals surface area contributed by atoms with Gasteiger partial charge in [-0.25, -0.2) is 13.1 Å². The molecule has 1 aliphatic rings. The second kappa shape index (κ2) is 7.42. The highest BCUT2D eigenvalue weighted by Gasteiger charge is 2.27. The summed E-state index contributed by atoms with van der Waals surface area (Å²) in [5, 5.41) is 3.48. The van der Waals surface area contributed by atoms with Crippen LogP contribution in [0.3, 0.4) is 0 Å². The average molecular weight is 404 g/mol. The molecule has 0 bridgehead atoms. The topological polar surface area (TPSA) is 58.2 Å². The lowest BCUT2D eigenvalue weighted by atomic mass is 9.97. The highest BCUT2D eigenvalue weighted by Crippen LogP contribution is 2.26. The number of rotatable bonds is 3. The Morgan fingerprint density at radius 3 is 2.80 bits per heavy atom. The third-order valence-electron chi connectivity index (χ3n) is 3.27. The molecule has 1 heterocycles. The third-order valence-corrected chi connectivity index (χ3v) is 5.74. The summed E-state index contributed by atoms with van der Waals surface area (Å²) in [5.74, 6) is 0.259. The molecule has 2 unspecified atom stereocenters. The molecule has 20 heavy (non-hydrogen) atoms. The van der Waals surface area contributed by atoms with E-state index in [-0.39, 0.29) is 34.3 Å². The molecule has 2 N–H and O–H groups in total. The van der Waals surface area contributed by atoms with E-state index in [9.17, 15) is 8.42 Å². The highest BCUT2D eigenvalue weighted by atomic mass is 79.9. The lowest BCUT2D eigenvalue weighted by molar-refractivity contribution is 0.328. The Labute approximate surface area is 139 Å². The van der Waals surface area contributed by atoms with E-state index in [2.05, 4.69) is 26.0 Å². The Bertz CT molecular complexity index is 569. The van der Waals surface area contributed by atoms with Gasteiger partial charge in [0.15, 0.2) is 0 Å². The molecular weight excluding hydrogens is 387 g/mol. The van der Waals surface area contributed by atoms with E-state index in [0.717, 1.165) is 19.5 Å². The Morgan fingerprint density at radius 1 is 1.45 bits per heavy atom. The van der Waals surface area contributed by atoms with Gasteiger partial charge in [-0.15, -0.1) is 12.4 Å². The SMILES string of the molecule is CC1CNCCC1NS(=O)(=O)c1cc(Br)ccc1Cl.Cl. The first-order chi connectivity index (χ1) is 8.90. The quantitative estimate of drug-likeness (QED) is 0.815. The fourth-order valence-corrected chi connectivity index (χ4v) is 4.55. The van der Waals surface area contributed by atoms with Crippen molar-refractivity contribution >= 4 is 50.0 Å². The summed E-state index contributed by atoms with van der Waals surface area (Å²) >= 11 is 9.25. The van der Waals surface area contributed by atoms with Gasteiger partial charge in [-0.3, -0.25) is 0 Å². The largest absolute Gasteiger partial charge is 0.316 e. The van der Waals surface area contributed by atoms with Crippen molar-refractivity contribution in [2.45, 2.75) is 24.3 Å². The first kappa shape index (κ1) is 18.2. The van der Waals surface area contributed by atoms with Crippen LogP contribution in [0.1, 0.15) is 13.3 Å². The van der Waals surface area contributed by atoms with Crippen molar-refractivity contribution in [3.8, 4) is 0 Å². The van der Waals surface area contributed by atoms with E-state index in [4.69, 9.17) is 11.6 Å². The molecule has 8 heteroatoms. The first-order valence-corrected chi connectivity index (χ1v) is 8.73. The minimum atomic E-state index is -3.59. The first-order valence-electron chi connectivity index (χ1n) is 6.08. The minimum Gasteiger partial charge on any atom is -0.316 e. The summed E-state index contributed by atoms with van der Waals surface area (Å²) in [6.07, 6.45) is 0.784. The number of hydrogen-bond donors (Lipinski definition) is 2. The van der Waals surface area contributed by atoms with E-state index < -0.39 is 10.0 Å². The number of benzene rings is 1. The number of sulfonamides is 1. The molecule has 4 nitrogen and oxygen atoms in total. The van der Waals surface area contributed by atoms with Crippen molar-refractivity contribution in [3.63, 3.8) is 0 Å². The van der Waals surface area contributed by atoms with Gasteiger partial charge in [-0.1, -0.05) is 34.5 Å². The Hall–Kier alpha value is 0.150. The fraction of sp³-hybridized carbons (Fsp3) is 0.500. The zero-order valence-electron chi connectivity index (χ0n) is 10.9. The monoisotopic (exact) mass is 402 g/mol. The zero-order valence-corrected chi connectivity index (χ0v) is 14.9. The van der Waals surface area contributed by atoms with Gasteiger partial charge in [0, 0.05) is 10.5 Å². The number of piperidine rings is 1. The lowest BCUT2D eigenvalue weighted by Crippen LogP contribution is -2.48. The van der Waals surface area contributed by atoms with E-state index >= 15 is 0 Å². The fourth-order valence-electron chi connectivity index (χ4n) is 2.14. The van der Waals surface area contributed by atoms with Crippen molar-refractivity contribution in [2.24, 2.45) is 5.92 Å². The van der Waals surface area contributed by atoms with Crippen LogP contribution in [0, 0.1) is 5.92 Å². The van der Waals surface area contributed by atoms with Crippen molar-refractivity contribution in [3.05, 3.63) is 27.7 Å². The summed E-state index contributed by atoms with van der Waals surface area (Å²) in [6.45, 7) is 3.67. The smallest absolute Gasteiger partial charge is 0.242 e. The molecule has 1 aliphatic heterocycles. The van der Waals surface area contributed by atoms with Gasteiger partial charge in [0.1, 0.15) is 4.90 Å². The zero-order chi connectivity index (χ0) is 14.0. The van der Waals surface area contributed by atoms with Crippen molar-refractivity contribution in [2.75, 3.05) is 13.1 Å². The molecule has 1 saturated heterocycles. The van der Waals surface area contributed by atoms with Gasteiger partial charge >= 0.3 is 0 Å². The van der Waals surface area contributed by atoms with Crippen LogP contribution >= 0.6 is 39.9 Å². The van der Waals surface area contributed by atoms with Crippen molar-refractivity contribution in [1.82, 2.24) is 10.0 Å². The Morgan fingerprint density at radius 2 is 2.15 bits per heavy atom. The summed E-state index contributed by atoms with van der Waals surface area (Å²) in [7, 11) is -3.59. The van der Waals surface area contributed by atoms with Crippen LogP contribution in [0.25, 0.3) is 0 Å². The summed E-state index contributed by atoms with van der Waals surface area (Å²) in [6, 6.07) is 4.76. The summed E-state index contributed by atoms with van der Waals surface area (Å²) in [5.41, 5.74) is 0. The maximum absolute atomic E-state index is 12.4. The third kappa shape index (κ3) is 4.32. The van der Waals surface area contributed by atoms with Crippen LogP contribution in [0.15, 0.2) is 27.6 Å². The number of nitrogens with one attached hydrogen (secondary N) is 2. The van der Waals surface area contributed by atoms with Crippen LogP contribution in [0.2, 0.25) is 5.02 Å². The van der Waals surface area contributed by atoms with Gasteiger partial charge < -0.3 is 5.32 Å². The molecule has 2 atom stereocenters. The normalized spacial score (nSPS) is 23.1. The molecule has 0 saturated carbocycles. The van der Waals surface area contributed by atoms with Crippen LogP contribution < -0.4 is 10.0 Å². The van der Waals surface area contributed by atoms with E-state index in [1.807, 2.05) is 6.92 Å². The van der Waals surface area contributed by atoms with Crippen LogP contribution in [-0.4, -0.2) is 27.5 Å². The van der Waals surface area contributed by atoms with Crippen LogP contribution in [0.4, 0.5) is 0 Å². The molecule has 0 spiro atoms. The van der Waals surface area contributed by atoms with Crippen LogP contribution in [-0.2, 0) is 10.0 Å². The standard InChI is InChI=1S/C12H16BrClN2O2S.ClH/c1-8-7-15-5-4-11(8)16-19(17,18)12-6-9(13)2-3-10(12)14;/h2-3,6,8,11,15-16H,4-5,7H2,1H3;1H. The van der Waals surface area contributed by atoms with Gasteiger partial charge in [0.2, 0.25) is 10.0 Å². The lowest BCUT2D eigenvalue weighted by Gasteiger charge is -2.30. The van der Waals surface area contributed by atoms with Gasteiger partial charge in [0.25, 0.3) is 0 Å². The second-order valence-corrected chi connectivity index (χ2v) is 7.78. The number of hydrogen-bond acceptors (Lipinski definition) is 3. The Kier molecular flexibility index (Phi) is 6.76. The molecule has 1 aromatic carbocycles. The van der Waals surface area contributed by atoms with Gasteiger partial charge in [0.05, 0.1) is 5.02 Å². The maximum atomic E-state index is 12.4. The molecule has 1 fully saturated rings. The van der Waals surface area contributed by atoms with Crippen LogP contribution in [0.5, 0.6) is 0 Å². The molecular formula is C12H17BrCl2N2O2S. The number of halogens is 3. The van der Waals surface area contributed by atoms with Crippen molar-refractivity contribution in [1.29, 1.82) is 0 Å². The summed E-state index contributed by atoms with van der Waals surface area (Å²) < 4.78 is 28.2. The molecule has 0 radical (unpaired) electrons. The van der Waals surface area contributed by atoms with E-state index in [1.165, 1.54) is 6.07 Å². The van der Waals surface area contributed by atoms with Gasteiger partial charge in [-0.2, -0.15) is 0 Å². The minimum absolute atomic E-state index is 0. The predicted octanol–water partition coefficient (Wildman–Crippen LogP) is 2.80. The molecule has 2 rings (SSSR count). The van der Waals surface area contributed by atoms with E-state index in [1.54, 1.807) is 12.1 Å². The molecule has 0 amide bonds. The molecule has 1 aromatic rings. The molecule has 0 aliphatic carbocycles. The van der Waals surface area contributed by atoms with Gasteiger partial charge in [-0.05, 0) is 43.6 Å². The van der Waals surface area contributed by atoms with E-state index in [0.29, 0.717) is 4.47 Å².